The summed E-state index contributed by atoms with van der Waals surface area (Å²) in [6.45, 7) is 0. The molecule has 0 aliphatic rings. The molecule has 0 saturated heterocycles. The summed E-state index contributed by atoms with van der Waals surface area (Å²) in [6.07, 6.45) is -0.0408. The molecule has 0 bridgehead atoms. The van der Waals surface area contributed by atoms with Crippen molar-refractivity contribution < 1.29 is 31.4 Å². The van der Waals surface area contributed by atoms with Gasteiger partial charge in [-0.15, -0.1) is 0 Å². The molecule has 0 unspecified atom stereocenters. The Labute approximate surface area is 91.7 Å². The molecule has 9 heteroatoms. The van der Waals surface area contributed by atoms with Crippen LogP contribution in [0.2, 0.25) is 0 Å². The molecule has 0 rings (SSSR count). The quantitative estimate of drug-likeness (QED) is 0.568. The summed E-state index contributed by atoms with van der Waals surface area (Å²) in [5.41, 5.74) is 0. The van der Waals surface area contributed by atoms with Crippen LogP contribution in [0.5, 0.6) is 0 Å². The summed E-state index contributed by atoms with van der Waals surface area (Å²) in [5, 5.41) is 0. The molecule has 0 aromatic carbocycles. The van der Waals surface area contributed by atoms with Crippen LogP contribution in [0.15, 0.2) is 0 Å². The van der Waals surface area contributed by atoms with E-state index < -0.39 is 17.9 Å². The Morgan fingerprint density at radius 1 is 0.800 bits per heavy atom. The molecule has 0 atom stereocenters. The first-order valence-corrected chi connectivity index (χ1v) is 7.74. The predicted octanol–water partition coefficient (Wildman–Crippen LogP) is -0.859. The molecule has 7 nitrogen and oxygen atoms in total. The van der Waals surface area contributed by atoms with E-state index >= 15 is 0 Å². The molecule has 0 heterocycles. The summed E-state index contributed by atoms with van der Waals surface area (Å²) < 4.78 is 29.8. The zero-order valence-electron chi connectivity index (χ0n) is 9.60. The van der Waals surface area contributed by atoms with Crippen LogP contribution in [0.3, 0.4) is 0 Å². The Bertz CT molecular complexity index is 163. The van der Waals surface area contributed by atoms with Crippen LogP contribution in [0, 0.1) is 0 Å². The van der Waals surface area contributed by atoms with Gasteiger partial charge >= 0.3 is 17.9 Å². The highest BCUT2D eigenvalue weighted by Gasteiger charge is 2.46. The second kappa shape index (κ2) is 6.68. The van der Waals surface area contributed by atoms with Crippen LogP contribution in [-0.4, -0.2) is 64.4 Å². The Hall–Kier alpha value is 0.154. The fourth-order valence-corrected chi connectivity index (χ4v) is 3.50. The SMILES string of the molecule is CO[Si](O)(OC)OC[Si](OC)(OC)OC. The summed E-state index contributed by atoms with van der Waals surface area (Å²) >= 11 is 0. The normalized spacial score (nSPS) is 13.2. The van der Waals surface area contributed by atoms with Gasteiger partial charge in [-0.3, -0.25) is 0 Å². The molecule has 0 aromatic rings. The van der Waals surface area contributed by atoms with E-state index in [2.05, 4.69) is 0 Å². The van der Waals surface area contributed by atoms with E-state index in [0.717, 1.165) is 0 Å². The van der Waals surface area contributed by atoms with E-state index in [0.29, 0.717) is 0 Å². The summed E-state index contributed by atoms with van der Waals surface area (Å²) in [7, 11) is 0.507. The maximum absolute atomic E-state index is 9.61. The van der Waals surface area contributed by atoms with E-state index in [4.69, 9.17) is 26.6 Å². The van der Waals surface area contributed by atoms with Crippen molar-refractivity contribution >= 4 is 17.9 Å². The highest BCUT2D eigenvalue weighted by Crippen LogP contribution is 2.10. The third-order valence-electron chi connectivity index (χ3n) is 1.88. The molecular weight excluding hydrogens is 240 g/mol. The molecule has 0 fully saturated rings. The molecule has 92 valence electrons. The van der Waals surface area contributed by atoms with Gasteiger partial charge in [-0.25, -0.2) is 0 Å². The van der Waals surface area contributed by atoms with E-state index in [-0.39, 0.29) is 6.23 Å². The van der Waals surface area contributed by atoms with E-state index in [1.165, 1.54) is 35.5 Å². The van der Waals surface area contributed by atoms with Crippen LogP contribution in [0.25, 0.3) is 0 Å². The second-order valence-corrected chi connectivity index (χ2v) is 7.55. The fourth-order valence-electron chi connectivity index (χ4n) is 0.808. The van der Waals surface area contributed by atoms with Crippen molar-refractivity contribution in [2.24, 2.45) is 0 Å². The van der Waals surface area contributed by atoms with Gasteiger partial charge in [0.05, 0.1) is 0 Å². The zero-order valence-corrected chi connectivity index (χ0v) is 11.6. The van der Waals surface area contributed by atoms with Crippen molar-refractivity contribution in [3.8, 4) is 0 Å². The zero-order chi connectivity index (χ0) is 11.9. The van der Waals surface area contributed by atoms with Crippen molar-refractivity contribution in [3.63, 3.8) is 0 Å². The predicted molar refractivity (Wildman–Crippen MR) is 54.7 cm³/mol. The van der Waals surface area contributed by atoms with Gasteiger partial charge < -0.3 is 31.4 Å². The van der Waals surface area contributed by atoms with Crippen LogP contribution in [0.1, 0.15) is 0 Å². The lowest BCUT2D eigenvalue weighted by Gasteiger charge is -2.27. The van der Waals surface area contributed by atoms with Crippen molar-refractivity contribution in [2.45, 2.75) is 0 Å². The third-order valence-corrected chi connectivity index (χ3v) is 6.07. The van der Waals surface area contributed by atoms with Crippen LogP contribution in [0.4, 0.5) is 0 Å². The lowest BCUT2D eigenvalue weighted by molar-refractivity contribution is 0.0126. The van der Waals surface area contributed by atoms with Crippen molar-refractivity contribution in [3.05, 3.63) is 0 Å². The monoisotopic (exact) mass is 258 g/mol. The lowest BCUT2D eigenvalue weighted by Crippen LogP contribution is -2.54. The Morgan fingerprint density at radius 3 is 1.47 bits per heavy atom. The van der Waals surface area contributed by atoms with Gasteiger partial charge in [0.15, 0.2) is 0 Å². The molecule has 0 saturated carbocycles. The molecule has 0 amide bonds. The number of hydrogen-bond donors (Lipinski definition) is 1. The third kappa shape index (κ3) is 4.26. The standard InChI is InChI=1S/C6H18O7Si2/c1-8-14(9-2,10-3)6-13-15(7,11-4)12-5/h7H,6H2,1-5H3. The second-order valence-electron chi connectivity index (χ2n) is 2.52. The molecule has 15 heavy (non-hydrogen) atoms. The van der Waals surface area contributed by atoms with Gasteiger partial charge in [0.1, 0.15) is 6.23 Å². The Morgan fingerprint density at radius 2 is 1.20 bits per heavy atom. The molecule has 1 N–H and O–H groups in total. The lowest BCUT2D eigenvalue weighted by atomic mass is 11.7. The van der Waals surface area contributed by atoms with Crippen LogP contribution in [-0.2, 0) is 26.6 Å². The average molecular weight is 258 g/mol. The van der Waals surface area contributed by atoms with E-state index in [1.807, 2.05) is 0 Å². The molecule has 0 radical (unpaired) electrons. The first kappa shape index (κ1) is 15.2. The molecule has 0 aliphatic carbocycles. The van der Waals surface area contributed by atoms with Crippen LogP contribution >= 0.6 is 0 Å². The van der Waals surface area contributed by atoms with Gasteiger partial charge in [0.25, 0.3) is 0 Å². The molecule has 0 aromatic heterocycles. The van der Waals surface area contributed by atoms with Gasteiger partial charge in [0.2, 0.25) is 0 Å². The Kier molecular flexibility index (Phi) is 6.74. The van der Waals surface area contributed by atoms with E-state index in [9.17, 15) is 4.80 Å². The van der Waals surface area contributed by atoms with Crippen molar-refractivity contribution in [1.29, 1.82) is 0 Å². The smallest absolute Gasteiger partial charge is 0.376 e. The highest BCUT2D eigenvalue weighted by atomic mass is 28.4. The minimum absolute atomic E-state index is 0.0408. The van der Waals surface area contributed by atoms with Crippen molar-refractivity contribution in [1.82, 2.24) is 0 Å². The minimum atomic E-state index is -3.56. The minimum Gasteiger partial charge on any atom is -0.376 e. The first-order valence-electron chi connectivity index (χ1n) is 4.13. The number of hydrogen-bond acceptors (Lipinski definition) is 7. The van der Waals surface area contributed by atoms with Gasteiger partial charge in [-0.05, 0) is 0 Å². The number of rotatable bonds is 8. The Balaban J connectivity index is 4.32. The van der Waals surface area contributed by atoms with Gasteiger partial charge in [0, 0.05) is 35.5 Å². The van der Waals surface area contributed by atoms with Crippen LogP contribution < -0.4 is 0 Å². The van der Waals surface area contributed by atoms with Gasteiger partial charge in [-0.1, -0.05) is 0 Å². The largest absolute Gasteiger partial charge is 0.676 e. The fraction of sp³-hybridized carbons (Fsp3) is 1.00. The van der Waals surface area contributed by atoms with E-state index in [1.54, 1.807) is 0 Å². The summed E-state index contributed by atoms with van der Waals surface area (Å²) in [4.78, 5) is 9.61. The van der Waals surface area contributed by atoms with Gasteiger partial charge in [-0.2, -0.15) is 0 Å². The average Bonchev–Trinajstić information content (AvgIpc) is 2.31. The molecular formula is C6H18O7Si2. The van der Waals surface area contributed by atoms with Crippen molar-refractivity contribution in [2.75, 3.05) is 41.8 Å². The summed E-state index contributed by atoms with van der Waals surface area (Å²) in [5.74, 6) is 0. The highest BCUT2D eigenvalue weighted by molar-refractivity contribution is 6.62. The maximum Gasteiger partial charge on any atom is 0.676 e. The summed E-state index contributed by atoms with van der Waals surface area (Å²) in [6, 6.07) is 0. The molecule has 0 spiro atoms. The topological polar surface area (TPSA) is 75.6 Å². The maximum atomic E-state index is 9.61. The molecule has 0 aliphatic heterocycles. The first-order chi connectivity index (χ1) is 7.01.